The first-order valence-corrected chi connectivity index (χ1v) is 10.1. The summed E-state index contributed by atoms with van der Waals surface area (Å²) in [6.07, 6.45) is 4.69. The zero-order valence-electron chi connectivity index (χ0n) is 16.5. The molecule has 2 fully saturated rings. The third kappa shape index (κ3) is 3.27. The first-order chi connectivity index (χ1) is 12.9. The van der Waals surface area contributed by atoms with Crippen molar-refractivity contribution in [3.63, 3.8) is 0 Å². The molecule has 0 bridgehead atoms. The van der Waals surface area contributed by atoms with Crippen molar-refractivity contribution in [3.8, 4) is 0 Å². The van der Waals surface area contributed by atoms with Crippen LogP contribution in [0.5, 0.6) is 0 Å². The molecule has 2 aliphatic rings. The standard InChI is InChI=1S/C22H30N2O3/c1-14(16-8-10-17(11-9-16)23-22(3)12-27-13-22)24-15(2)20(21(25)26)18-6-4-5-7-19(18)24/h4-7,14,16-17,23H,8-13H2,1-3H3,(H,25,26)/t14-,16?,17?/m1/s1. The SMILES string of the molecule is Cc1c(C(=O)O)c2ccccc2n1[C@H](C)C1CCC(NC2(C)COC2)CC1. The van der Waals surface area contributed by atoms with Gasteiger partial charge in [0.15, 0.2) is 0 Å². The van der Waals surface area contributed by atoms with Crippen LogP contribution in [0.3, 0.4) is 0 Å². The summed E-state index contributed by atoms with van der Waals surface area (Å²) in [6, 6.07) is 8.77. The number of aromatic carboxylic acids is 1. The molecule has 2 N–H and O–H groups in total. The highest BCUT2D eigenvalue weighted by atomic mass is 16.5. The zero-order chi connectivity index (χ0) is 19.2. The fraction of sp³-hybridized carbons (Fsp3) is 0.591. The number of carboxylic acids is 1. The summed E-state index contributed by atoms with van der Waals surface area (Å²) in [4.78, 5) is 11.8. The van der Waals surface area contributed by atoms with Gasteiger partial charge in [0, 0.05) is 28.7 Å². The van der Waals surface area contributed by atoms with Crippen LogP contribution in [0.1, 0.15) is 61.6 Å². The maximum absolute atomic E-state index is 11.8. The smallest absolute Gasteiger partial charge is 0.338 e. The van der Waals surface area contributed by atoms with E-state index >= 15 is 0 Å². The molecule has 5 nitrogen and oxygen atoms in total. The summed E-state index contributed by atoms with van der Waals surface area (Å²) in [7, 11) is 0. The molecule has 0 radical (unpaired) electrons. The molecule has 0 spiro atoms. The van der Waals surface area contributed by atoms with Gasteiger partial charge in [-0.1, -0.05) is 18.2 Å². The number of carbonyl (C=O) groups is 1. The van der Waals surface area contributed by atoms with Crippen molar-refractivity contribution in [1.82, 2.24) is 9.88 Å². The summed E-state index contributed by atoms with van der Waals surface area (Å²) in [5, 5.41) is 14.3. The minimum absolute atomic E-state index is 0.159. The van der Waals surface area contributed by atoms with Crippen molar-refractivity contribution in [2.75, 3.05) is 13.2 Å². The van der Waals surface area contributed by atoms with E-state index in [1.165, 1.54) is 25.7 Å². The summed E-state index contributed by atoms with van der Waals surface area (Å²) in [5.74, 6) is -0.261. The molecule has 0 unspecified atom stereocenters. The fourth-order valence-electron chi connectivity index (χ4n) is 5.13. The Kier molecular flexibility index (Phi) is 4.77. The minimum Gasteiger partial charge on any atom is -0.478 e. The molecule has 1 aromatic carbocycles. The molecule has 1 atom stereocenters. The number of benzene rings is 1. The van der Waals surface area contributed by atoms with Gasteiger partial charge in [0.05, 0.1) is 24.3 Å². The molecular formula is C22H30N2O3. The fourth-order valence-corrected chi connectivity index (χ4v) is 5.13. The highest BCUT2D eigenvalue weighted by molar-refractivity contribution is 6.05. The molecular weight excluding hydrogens is 340 g/mol. The Morgan fingerprint density at radius 3 is 2.52 bits per heavy atom. The van der Waals surface area contributed by atoms with Crippen LogP contribution >= 0.6 is 0 Å². The molecule has 146 valence electrons. The van der Waals surface area contributed by atoms with Gasteiger partial charge in [-0.25, -0.2) is 4.79 Å². The second-order valence-electron chi connectivity index (χ2n) is 8.70. The van der Waals surface area contributed by atoms with Crippen molar-refractivity contribution in [2.24, 2.45) is 5.92 Å². The third-order valence-corrected chi connectivity index (χ3v) is 6.63. The molecule has 27 heavy (non-hydrogen) atoms. The van der Waals surface area contributed by atoms with Crippen LogP contribution in [0, 0.1) is 12.8 Å². The number of aromatic nitrogens is 1. The quantitative estimate of drug-likeness (QED) is 0.830. The summed E-state index contributed by atoms with van der Waals surface area (Å²) < 4.78 is 7.62. The lowest BCUT2D eigenvalue weighted by molar-refractivity contribution is -0.0719. The van der Waals surface area contributed by atoms with Crippen LogP contribution < -0.4 is 5.32 Å². The number of ether oxygens (including phenoxy) is 1. The maximum Gasteiger partial charge on any atom is 0.338 e. The molecule has 2 aromatic rings. The van der Waals surface area contributed by atoms with Crippen LogP contribution in [-0.4, -0.2) is 40.4 Å². The Balaban J connectivity index is 1.53. The van der Waals surface area contributed by atoms with Gasteiger partial charge in [-0.2, -0.15) is 0 Å². The van der Waals surface area contributed by atoms with Gasteiger partial charge >= 0.3 is 5.97 Å². The highest BCUT2D eigenvalue weighted by Crippen LogP contribution is 2.38. The van der Waals surface area contributed by atoms with Crippen LogP contribution in [0.25, 0.3) is 10.9 Å². The summed E-state index contributed by atoms with van der Waals surface area (Å²) in [5.41, 5.74) is 2.52. The van der Waals surface area contributed by atoms with Crippen molar-refractivity contribution in [3.05, 3.63) is 35.5 Å². The number of nitrogens with one attached hydrogen (secondary N) is 1. The molecule has 1 saturated heterocycles. The molecule has 0 amide bonds. The van der Waals surface area contributed by atoms with Gasteiger partial charge in [-0.15, -0.1) is 0 Å². The second-order valence-corrected chi connectivity index (χ2v) is 8.70. The Morgan fingerprint density at radius 1 is 1.26 bits per heavy atom. The normalized spacial score (nSPS) is 25.9. The molecule has 2 heterocycles. The van der Waals surface area contributed by atoms with Gasteiger partial charge < -0.3 is 19.7 Å². The molecule has 1 aromatic heterocycles. The van der Waals surface area contributed by atoms with Gasteiger partial charge in [0.1, 0.15) is 0 Å². The first-order valence-electron chi connectivity index (χ1n) is 10.1. The number of carboxylic acid groups (broad SMARTS) is 1. The second kappa shape index (κ2) is 6.95. The van der Waals surface area contributed by atoms with E-state index in [4.69, 9.17) is 4.74 Å². The average molecular weight is 370 g/mol. The topological polar surface area (TPSA) is 63.5 Å². The number of fused-ring (bicyclic) bond motifs is 1. The number of nitrogens with zero attached hydrogens (tertiary/aromatic N) is 1. The van der Waals surface area contributed by atoms with E-state index in [2.05, 4.69) is 29.8 Å². The van der Waals surface area contributed by atoms with Gasteiger partial charge in [-0.05, 0) is 58.4 Å². The number of hydrogen-bond donors (Lipinski definition) is 2. The lowest BCUT2D eigenvalue weighted by atomic mass is 9.81. The van der Waals surface area contributed by atoms with Crippen LogP contribution in [0.4, 0.5) is 0 Å². The third-order valence-electron chi connectivity index (χ3n) is 6.63. The van der Waals surface area contributed by atoms with Crippen molar-refractivity contribution in [2.45, 2.75) is 64.1 Å². The summed E-state index contributed by atoms with van der Waals surface area (Å²) in [6.45, 7) is 8.08. The van der Waals surface area contributed by atoms with Gasteiger partial charge in [-0.3, -0.25) is 0 Å². The Morgan fingerprint density at radius 2 is 1.93 bits per heavy atom. The van der Waals surface area contributed by atoms with E-state index in [0.29, 0.717) is 23.6 Å². The number of rotatable bonds is 5. The molecule has 5 heteroatoms. The monoisotopic (exact) mass is 370 g/mol. The van der Waals surface area contributed by atoms with E-state index in [1.54, 1.807) is 0 Å². The zero-order valence-corrected chi connectivity index (χ0v) is 16.5. The molecule has 1 aliphatic carbocycles. The van der Waals surface area contributed by atoms with E-state index < -0.39 is 5.97 Å². The maximum atomic E-state index is 11.8. The van der Waals surface area contributed by atoms with Crippen molar-refractivity contribution in [1.29, 1.82) is 0 Å². The van der Waals surface area contributed by atoms with E-state index in [0.717, 1.165) is 29.8 Å². The molecule has 4 rings (SSSR count). The van der Waals surface area contributed by atoms with Gasteiger partial charge in [0.2, 0.25) is 0 Å². The average Bonchev–Trinajstić information content (AvgIpc) is 2.92. The van der Waals surface area contributed by atoms with Gasteiger partial charge in [0.25, 0.3) is 0 Å². The lowest BCUT2D eigenvalue weighted by Gasteiger charge is -2.44. The van der Waals surface area contributed by atoms with Crippen LogP contribution in [0.15, 0.2) is 24.3 Å². The number of hydrogen-bond acceptors (Lipinski definition) is 3. The lowest BCUT2D eigenvalue weighted by Crippen LogP contribution is -2.61. The highest BCUT2D eigenvalue weighted by Gasteiger charge is 2.37. The summed E-state index contributed by atoms with van der Waals surface area (Å²) >= 11 is 0. The predicted molar refractivity (Wildman–Crippen MR) is 106 cm³/mol. The first kappa shape index (κ1) is 18.5. The van der Waals surface area contributed by atoms with E-state index in [9.17, 15) is 9.90 Å². The minimum atomic E-state index is -0.835. The molecule has 1 saturated carbocycles. The van der Waals surface area contributed by atoms with Crippen LogP contribution in [-0.2, 0) is 4.74 Å². The predicted octanol–water partition coefficient (Wildman–Crippen LogP) is 4.15. The Labute approximate surface area is 160 Å². The number of para-hydroxylation sites is 1. The Hall–Kier alpha value is -1.85. The van der Waals surface area contributed by atoms with Crippen LogP contribution in [0.2, 0.25) is 0 Å². The van der Waals surface area contributed by atoms with Crippen molar-refractivity contribution >= 4 is 16.9 Å². The largest absolute Gasteiger partial charge is 0.478 e. The Bertz CT molecular complexity index is 845. The molecule has 1 aliphatic heterocycles. The van der Waals surface area contributed by atoms with E-state index in [1.807, 2.05) is 25.1 Å². The van der Waals surface area contributed by atoms with E-state index in [-0.39, 0.29) is 5.54 Å². The van der Waals surface area contributed by atoms with Crippen molar-refractivity contribution < 1.29 is 14.6 Å².